The highest BCUT2D eigenvalue weighted by molar-refractivity contribution is 5.69. The van der Waals surface area contributed by atoms with Crippen molar-refractivity contribution in [3.05, 3.63) is 0 Å². The van der Waals surface area contributed by atoms with E-state index in [1.54, 1.807) is 0 Å². The molecule has 0 heterocycles. The molecular weight excluding hydrogens is 128 g/mol. The fraction of sp³-hybridized carbons (Fsp3) is 0.875. The molecule has 62 valence electrons. The van der Waals surface area contributed by atoms with Gasteiger partial charge in [0.15, 0.2) is 0 Å². The number of rotatable bonds is 3. The van der Waals surface area contributed by atoms with Gasteiger partial charge < -0.3 is 5.11 Å². The van der Waals surface area contributed by atoms with E-state index in [9.17, 15) is 4.79 Å². The zero-order chi connectivity index (χ0) is 8.57. The summed E-state index contributed by atoms with van der Waals surface area (Å²) in [6, 6.07) is 0. The van der Waals surface area contributed by atoms with E-state index in [1.807, 2.05) is 27.7 Å². The first-order valence-corrected chi connectivity index (χ1v) is 3.95. The normalized spacial score (nSPS) is 8.50. The van der Waals surface area contributed by atoms with Crippen LogP contribution in [0, 0.1) is 5.92 Å². The van der Waals surface area contributed by atoms with Gasteiger partial charge in [-0.1, -0.05) is 27.7 Å². The standard InChI is InChI=1S/C6H12O2.C2H6/c1-3-5(4-2)6(7)8;1-2/h5H,3-4H2,1-2H3,(H,7,8);1-2H3. The molecule has 1 N–H and O–H groups in total. The quantitative estimate of drug-likeness (QED) is 0.664. The van der Waals surface area contributed by atoms with Gasteiger partial charge in [-0.25, -0.2) is 0 Å². The fourth-order valence-electron chi connectivity index (χ4n) is 0.638. The first-order chi connectivity index (χ1) is 4.72. The van der Waals surface area contributed by atoms with Crippen LogP contribution in [0.1, 0.15) is 40.5 Å². The number of hydrogen-bond acceptors (Lipinski definition) is 1. The Bertz CT molecular complexity index is 75.3. The number of carboxylic acids is 1. The smallest absolute Gasteiger partial charge is 0.306 e. The summed E-state index contributed by atoms with van der Waals surface area (Å²) < 4.78 is 0. The van der Waals surface area contributed by atoms with Crippen molar-refractivity contribution in [3.63, 3.8) is 0 Å². The summed E-state index contributed by atoms with van der Waals surface area (Å²) in [5, 5.41) is 8.37. The zero-order valence-corrected chi connectivity index (χ0v) is 7.35. The molecule has 0 unspecified atom stereocenters. The second kappa shape index (κ2) is 8.47. The Kier molecular flexibility index (Phi) is 10.3. The summed E-state index contributed by atoms with van der Waals surface area (Å²) in [6.07, 6.45) is 1.48. The fourth-order valence-corrected chi connectivity index (χ4v) is 0.638. The molecule has 0 aromatic heterocycles. The molecule has 0 aromatic rings. The lowest BCUT2D eigenvalue weighted by molar-refractivity contribution is -0.141. The zero-order valence-electron chi connectivity index (χ0n) is 7.35. The van der Waals surface area contributed by atoms with Crippen molar-refractivity contribution in [2.24, 2.45) is 5.92 Å². The lowest BCUT2D eigenvalue weighted by Crippen LogP contribution is -2.10. The maximum Gasteiger partial charge on any atom is 0.306 e. The molecule has 0 aromatic carbocycles. The predicted octanol–water partition coefficient (Wildman–Crippen LogP) is 2.53. The molecule has 0 saturated heterocycles. The Hall–Kier alpha value is -0.530. The van der Waals surface area contributed by atoms with Gasteiger partial charge in [-0.3, -0.25) is 4.79 Å². The Morgan fingerprint density at radius 3 is 1.60 bits per heavy atom. The Morgan fingerprint density at radius 1 is 1.30 bits per heavy atom. The Balaban J connectivity index is 0. The third-order valence-electron chi connectivity index (χ3n) is 1.33. The van der Waals surface area contributed by atoms with Gasteiger partial charge in [0.25, 0.3) is 0 Å². The van der Waals surface area contributed by atoms with E-state index in [0.717, 1.165) is 12.8 Å². The van der Waals surface area contributed by atoms with E-state index in [4.69, 9.17) is 5.11 Å². The average molecular weight is 146 g/mol. The number of aliphatic carboxylic acids is 1. The lowest BCUT2D eigenvalue weighted by Gasteiger charge is -2.02. The molecular formula is C8H18O2. The highest BCUT2D eigenvalue weighted by atomic mass is 16.4. The van der Waals surface area contributed by atoms with Gasteiger partial charge in [-0.2, -0.15) is 0 Å². The Morgan fingerprint density at radius 2 is 1.60 bits per heavy atom. The maximum atomic E-state index is 10.2. The van der Waals surface area contributed by atoms with E-state index in [1.165, 1.54) is 0 Å². The molecule has 0 spiro atoms. The molecule has 0 aliphatic carbocycles. The second-order valence-corrected chi connectivity index (χ2v) is 1.85. The molecule has 0 fully saturated rings. The van der Waals surface area contributed by atoms with Crippen molar-refractivity contribution in [3.8, 4) is 0 Å². The molecule has 0 amide bonds. The van der Waals surface area contributed by atoms with E-state index in [2.05, 4.69) is 0 Å². The molecule has 0 saturated carbocycles. The van der Waals surface area contributed by atoms with Crippen LogP contribution in [0.25, 0.3) is 0 Å². The minimum atomic E-state index is -0.671. The van der Waals surface area contributed by atoms with Crippen molar-refractivity contribution in [2.45, 2.75) is 40.5 Å². The van der Waals surface area contributed by atoms with Crippen LogP contribution in [0.3, 0.4) is 0 Å². The third kappa shape index (κ3) is 5.60. The number of carbonyl (C=O) groups is 1. The molecule has 0 rings (SSSR count). The van der Waals surface area contributed by atoms with Gasteiger partial charge in [0.1, 0.15) is 0 Å². The summed E-state index contributed by atoms with van der Waals surface area (Å²) in [5.74, 6) is -0.801. The largest absolute Gasteiger partial charge is 0.481 e. The van der Waals surface area contributed by atoms with Crippen LogP contribution in [0.5, 0.6) is 0 Å². The summed E-state index contributed by atoms with van der Waals surface area (Å²) in [7, 11) is 0. The summed E-state index contributed by atoms with van der Waals surface area (Å²) in [6.45, 7) is 7.78. The molecule has 10 heavy (non-hydrogen) atoms. The molecule has 0 radical (unpaired) electrons. The summed E-state index contributed by atoms with van der Waals surface area (Å²) in [4.78, 5) is 10.2. The van der Waals surface area contributed by atoms with Gasteiger partial charge >= 0.3 is 5.97 Å². The highest BCUT2D eigenvalue weighted by Gasteiger charge is 2.10. The van der Waals surface area contributed by atoms with Gasteiger partial charge in [0.05, 0.1) is 5.92 Å². The second-order valence-electron chi connectivity index (χ2n) is 1.85. The molecule has 0 aliphatic rings. The van der Waals surface area contributed by atoms with Crippen LogP contribution < -0.4 is 0 Å². The summed E-state index contributed by atoms with van der Waals surface area (Å²) in [5.41, 5.74) is 0. The molecule has 0 atom stereocenters. The van der Waals surface area contributed by atoms with Crippen molar-refractivity contribution < 1.29 is 9.90 Å². The molecule has 0 aliphatic heterocycles. The highest BCUT2D eigenvalue weighted by Crippen LogP contribution is 2.05. The van der Waals surface area contributed by atoms with Crippen LogP contribution in [0.15, 0.2) is 0 Å². The van der Waals surface area contributed by atoms with Crippen LogP contribution >= 0.6 is 0 Å². The SMILES string of the molecule is CC.CCC(CC)C(=O)O. The van der Waals surface area contributed by atoms with Crippen molar-refractivity contribution in [1.82, 2.24) is 0 Å². The first-order valence-electron chi connectivity index (χ1n) is 3.95. The van der Waals surface area contributed by atoms with Gasteiger partial charge in [0, 0.05) is 0 Å². The predicted molar refractivity (Wildman–Crippen MR) is 43.1 cm³/mol. The van der Waals surface area contributed by atoms with Crippen molar-refractivity contribution >= 4 is 5.97 Å². The molecule has 0 bridgehead atoms. The monoisotopic (exact) mass is 146 g/mol. The average Bonchev–Trinajstić information content (AvgIpc) is 1.94. The van der Waals surface area contributed by atoms with Crippen LogP contribution in [-0.2, 0) is 4.79 Å². The topological polar surface area (TPSA) is 37.3 Å². The first kappa shape index (κ1) is 12.2. The van der Waals surface area contributed by atoms with E-state index in [0.29, 0.717) is 0 Å². The van der Waals surface area contributed by atoms with Crippen LogP contribution in [0.2, 0.25) is 0 Å². The summed E-state index contributed by atoms with van der Waals surface area (Å²) >= 11 is 0. The van der Waals surface area contributed by atoms with E-state index < -0.39 is 5.97 Å². The van der Waals surface area contributed by atoms with E-state index >= 15 is 0 Å². The lowest BCUT2D eigenvalue weighted by atomic mass is 10.1. The van der Waals surface area contributed by atoms with Gasteiger partial charge in [-0.05, 0) is 12.8 Å². The van der Waals surface area contributed by atoms with Gasteiger partial charge in [-0.15, -0.1) is 0 Å². The van der Waals surface area contributed by atoms with Crippen LogP contribution in [0.4, 0.5) is 0 Å². The third-order valence-corrected chi connectivity index (χ3v) is 1.33. The van der Waals surface area contributed by atoms with Crippen LogP contribution in [-0.4, -0.2) is 11.1 Å². The minimum absolute atomic E-state index is 0.130. The van der Waals surface area contributed by atoms with Crippen molar-refractivity contribution in [1.29, 1.82) is 0 Å². The van der Waals surface area contributed by atoms with Gasteiger partial charge in [0.2, 0.25) is 0 Å². The molecule has 2 heteroatoms. The maximum absolute atomic E-state index is 10.2. The van der Waals surface area contributed by atoms with E-state index in [-0.39, 0.29) is 5.92 Å². The Labute approximate surface area is 63.3 Å². The number of hydrogen-bond donors (Lipinski definition) is 1. The molecule has 2 nitrogen and oxygen atoms in total. The van der Waals surface area contributed by atoms with Crippen molar-refractivity contribution in [2.75, 3.05) is 0 Å². The number of carboxylic acid groups (broad SMARTS) is 1. The minimum Gasteiger partial charge on any atom is -0.481 e.